The van der Waals surface area contributed by atoms with Gasteiger partial charge in [-0.2, -0.15) is 0 Å². The van der Waals surface area contributed by atoms with Gasteiger partial charge in [-0.15, -0.1) is 0 Å². The number of hydrogen-bond donors (Lipinski definition) is 0. The molecule has 0 amide bonds. The van der Waals surface area contributed by atoms with Gasteiger partial charge in [-0.25, -0.2) is 13.4 Å². The van der Waals surface area contributed by atoms with Gasteiger partial charge in [-0.1, -0.05) is 36.8 Å². The van der Waals surface area contributed by atoms with Crippen molar-refractivity contribution in [3.05, 3.63) is 58.1 Å². The van der Waals surface area contributed by atoms with E-state index < -0.39 is 15.4 Å². The molecule has 2 aromatic rings. The molecule has 1 aromatic heterocycles. The fourth-order valence-electron chi connectivity index (χ4n) is 2.16. The van der Waals surface area contributed by atoms with Crippen molar-refractivity contribution in [3.63, 3.8) is 0 Å². The molecule has 0 saturated carbocycles. The Morgan fingerprint density at radius 2 is 1.86 bits per heavy atom. The van der Waals surface area contributed by atoms with Crippen molar-refractivity contribution >= 4 is 9.84 Å². The lowest BCUT2D eigenvalue weighted by molar-refractivity contribution is 0.578. The standard InChI is InChI=1S/C16H20N2O3S/c1-3-10-18-11-9-17-15(16(18)19)22(20,21)12-8-14-6-4-13(2)5-7-14/h4-7,9,11H,3,8,10,12H2,1-2H3. The first-order valence-corrected chi connectivity index (χ1v) is 8.93. The Bertz CT molecular complexity index is 793. The summed E-state index contributed by atoms with van der Waals surface area (Å²) >= 11 is 0. The van der Waals surface area contributed by atoms with Gasteiger partial charge in [0.05, 0.1) is 5.75 Å². The topological polar surface area (TPSA) is 69.0 Å². The first-order chi connectivity index (χ1) is 10.4. The molecule has 0 radical (unpaired) electrons. The van der Waals surface area contributed by atoms with E-state index in [2.05, 4.69) is 4.98 Å². The van der Waals surface area contributed by atoms with Crippen molar-refractivity contribution in [1.29, 1.82) is 0 Å². The first kappa shape index (κ1) is 16.4. The van der Waals surface area contributed by atoms with Gasteiger partial charge in [-0.3, -0.25) is 4.79 Å². The van der Waals surface area contributed by atoms with Crippen LogP contribution < -0.4 is 5.56 Å². The van der Waals surface area contributed by atoms with E-state index >= 15 is 0 Å². The lowest BCUT2D eigenvalue weighted by Gasteiger charge is -2.07. The molecule has 5 nitrogen and oxygen atoms in total. The van der Waals surface area contributed by atoms with E-state index in [0.29, 0.717) is 13.0 Å². The van der Waals surface area contributed by atoms with Crippen LogP contribution in [0.15, 0.2) is 46.5 Å². The molecule has 0 spiro atoms. The lowest BCUT2D eigenvalue weighted by atomic mass is 10.1. The summed E-state index contributed by atoms with van der Waals surface area (Å²) in [5, 5.41) is -0.351. The summed E-state index contributed by atoms with van der Waals surface area (Å²) in [6, 6.07) is 7.69. The van der Waals surface area contributed by atoms with Crippen LogP contribution >= 0.6 is 0 Å². The second-order valence-corrected chi connectivity index (χ2v) is 7.31. The van der Waals surface area contributed by atoms with E-state index in [-0.39, 0.29) is 10.8 Å². The van der Waals surface area contributed by atoms with Crippen LogP contribution in [0.5, 0.6) is 0 Å². The van der Waals surface area contributed by atoms with Crippen LogP contribution in [0.1, 0.15) is 24.5 Å². The van der Waals surface area contributed by atoms with E-state index in [1.165, 1.54) is 17.0 Å². The van der Waals surface area contributed by atoms with Crippen LogP contribution in [0.2, 0.25) is 0 Å². The van der Waals surface area contributed by atoms with Crippen molar-refractivity contribution in [2.24, 2.45) is 0 Å². The zero-order valence-corrected chi connectivity index (χ0v) is 13.6. The lowest BCUT2D eigenvalue weighted by Crippen LogP contribution is -2.28. The Hall–Kier alpha value is -1.95. The molecule has 0 atom stereocenters. The highest BCUT2D eigenvalue weighted by Gasteiger charge is 2.21. The van der Waals surface area contributed by atoms with Gasteiger partial charge in [0, 0.05) is 18.9 Å². The molecule has 1 aromatic carbocycles. The molecule has 0 fully saturated rings. The highest BCUT2D eigenvalue weighted by atomic mass is 32.2. The number of nitrogens with zero attached hydrogens (tertiary/aromatic N) is 2. The quantitative estimate of drug-likeness (QED) is 0.816. The summed E-state index contributed by atoms with van der Waals surface area (Å²) < 4.78 is 26.1. The SMILES string of the molecule is CCCn1ccnc(S(=O)(=O)CCc2ccc(C)cc2)c1=O. The van der Waals surface area contributed by atoms with Crippen molar-refractivity contribution < 1.29 is 8.42 Å². The normalized spacial score (nSPS) is 11.5. The zero-order valence-electron chi connectivity index (χ0n) is 12.8. The molecule has 22 heavy (non-hydrogen) atoms. The number of rotatable bonds is 6. The van der Waals surface area contributed by atoms with Crippen molar-refractivity contribution in [3.8, 4) is 0 Å². The summed E-state index contributed by atoms with van der Waals surface area (Å²) in [7, 11) is -3.68. The fourth-order valence-corrected chi connectivity index (χ4v) is 3.46. The summed E-state index contributed by atoms with van der Waals surface area (Å²) in [5.41, 5.74) is 1.52. The van der Waals surface area contributed by atoms with Crippen LogP contribution in [0.25, 0.3) is 0 Å². The predicted octanol–water partition coefficient (Wildman–Crippen LogP) is 1.98. The minimum absolute atomic E-state index is 0.117. The molecule has 0 N–H and O–H groups in total. The monoisotopic (exact) mass is 320 g/mol. The summed E-state index contributed by atoms with van der Waals surface area (Å²) in [6.45, 7) is 4.39. The van der Waals surface area contributed by atoms with Gasteiger partial charge in [0.2, 0.25) is 14.9 Å². The maximum atomic E-state index is 12.4. The minimum atomic E-state index is -3.68. The van der Waals surface area contributed by atoms with Crippen molar-refractivity contribution in [2.45, 2.75) is 38.3 Å². The molecule has 6 heteroatoms. The number of sulfone groups is 1. The molecule has 0 aliphatic rings. The van der Waals surface area contributed by atoms with Gasteiger partial charge >= 0.3 is 0 Å². The van der Waals surface area contributed by atoms with Gasteiger partial charge in [0.1, 0.15) is 0 Å². The third kappa shape index (κ3) is 3.82. The smallest absolute Gasteiger partial charge is 0.288 e. The summed E-state index contributed by atoms with van der Waals surface area (Å²) in [4.78, 5) is 16.0. The second kappa shape index (κ2) is 6.87. The maximum Gasteiger partial charge on any atom is 0.288 e. The number of benzene rings is 1. The molecule has 118 valence electrons. The Labute approximate surface area is 130 Å². The van der Waals surface area contributed by atoms with Crippen molar-refractivity contribution in [1.82, 2.24) is 9.55 Å². The Morgan fingerprint density at radius 1 is 1.18 bits per heavy atom. The van der Waals surface area contributed by atoms with E-state index in [1.807, 2.05) is 38.1 Å². The number of hydrogen-bond acceptors (Lipinski definition) is 4. The molecular formula is C16H20N2O3S. The Morgan fingerprint density at radius 3 is 2.50 bits per heavy atom. The van der Waals surface area contributed by atoms with Gasteiger partial charge in [0.15, 0.2) is 0 Å². The maximum absolute atomic E-state index is 12.4. The van der Waals surface area contributed by atoms with Crippen LogP contribution in [-0.4, -0.2) is 23.7 Å². The van der Waals surface area contributed by atoms with Gasteiger partial charge < -0.3 is 4.57 Å². The minimum Gasteiger partial charge on any atom is -0.312 e. The highest BCUT2D eigenvalue weighted by molar-refractivity contribution is 7.91. The molecule has 2 rings (SSSR count). The zero-order chi connectivity index (χ0) is 16.2. The molecule has 1 heterocycles. The summed E-state index contributed by atoms with van der Waals surface area (Å²) in [5.74, 6) is -0.117. The molecular weight excluding hydrogens is 300 g/mol. The Balaban J connectivity index is 2.22. The van der Waals surface area contributed by atoms with Crippen LogP contribution in [0, 0.1) is 6.92 Å². The van der Waals surface area contributed by atoms with E-state index in [9.17, 15) is 13.2 Å². The van der Waals surface area contributed by atoms with Gasteiger partial charge in [-0.05, 0) is 25.3 Å². The summed E-state index contributed by atoms with van der Waals surface area (Å²) in [6.07, 6.45) is 4.01. The average molecular weight is 320 g/mol. The third-order valence-electron chi connectivity index (χ3n) is 3.42. The predicted molar refractivity (Wildman–Crippen MR) is 85.7 cm³/mol. The fraction of sp³-hybridized carbons (Fsp3) is 0.375. The van der Waals surface area contributed by atoms with E-state index in [1.54, 1.807) is 0 Å². The van der Waals surface area contributed by atoms with E-state index in [4.69, 9.17) is 0 Å². The highest BCUT2D eigenvalue weighted by Crippen LogP contribution is 2.09. The molecule has 0 bridgehead atoms. The second-order valence-electron chi connectivity index (χ2n) is 5.29. The first-order valence-electron chi connectivity index (χ1n) is 7.28. The van der Waals surface area contributed by atoms with E-state index in [0.717, 1.165) is 17.5 Å². The molecule has 0 aliphatic heterocycles. The number of aromatic nitrogens is 2. The molecule has 0 saturated heterocycles. The average Bonchev–Trinajstić information content (AvgIpc) is 2.49. The van der Waals surface area contributed by atoms with Crippen LogP contribution in [0.3, 0.4) is 0 Å². The Kier molecular flexibility index (Phi) is 5.13. The van der Waals surface area contributed by atoms with Crippen LogP contribution in [0.4, 0.5) is 0 Å². The number of aryl methyl sites for hydroxylation is 3. The van der Waals surface area contributed by atoms with Crippen LogP contribution in [-0.2, 0) is 22.8 Å². The third-order valence-corrected chi connectivity index (χ3v) is 5.03. The largest absolute Gasteiger partial charge is 0.312 e. The van der Waals surface area contributed by atoms with Crippen molar-refractivity contribution in [2.75, 3.05) is 5.75 Å². The molecule has 0 unspecified atom stereocenters. The van der Waals surface area contributed by atoms with Gasteiger partial charge in [0.25, 0.3) is 5.56 Å². The molecule has 0 aliphatic carbocycles.